The van der Waals surface area contributed by atoms with E-state index in [0.29, 0.717) is 17.7 Å². The minimum absolute atomic E-state index is 0.265. The molecule has 1 amide bonds. The van der Waals surface area contributed by atoms with Gasteiger partial charge in [0.05, 0.1) is 0 Å². The van der Waals surface area contributed by atoms with Gasteiger partial charge in [0.15, 0.2) is 0 Å². The van der Waals surface area contributed by atoms with Crippen LogP contribution in [0.4, 0.5) is 0 Å². The maximum Gasteiger partial charge on any atom is 0.303 e. The first-order valence-corrected chi connectivity index (χ1v) is 8.14. The lowest BCUT2D eigenvalue weighted by Crippen LogP contribution is -2.39. The summed E-state index contributed by atoms with van der Waals surface area (Å²) in [5.74, 6) is 0.722. The Morgan fingerprint density at radius 3 is 2.20 bits per heavy atom. The van der Waals surface area contributed by atoms with Crippen LogP contribution in [0.5, 0.6) is 0 Å². The Morgan fingerprint density at radius 2 is 1.60 bits per heavy atom. The molecular weight excluding hydrogens is 254 g/mol. The Labute approximate surface area is 121 Å². The molecule has 2 aliphatic rings. The zero-order chi connectivity index (χ0) is 14.4. The van der Waals surface area contributed by atoms with Gasteiger partial charge in [-0.05, 0) is 43.9 Å². The van der Waals surface area contributed by atoms with Gasteiger partial charge in [-0.2, -0.15) is 0 Å². The predicted octanol–water partition coefficient (Wildman–Crippen LogP) is 3.06. The highest BCUT2D eigenvalue weighted by atomic mass is 16.4. The smallest absolute Gasteiger partial charge is 0.303 e. The van der Waals surface area contributed by atoms with E-state index in [4.69, 9.17) is 5.11 Å². The van der Waals surface area contributed by atoms with Gasteiger partial charge in [-0.1, -0.05) is 19.3 Å². The highest BCUT2D eigenvalue weighted by Crippen LogP contribution is 2.28. The fraction of sp³-hybridized carbons (Fsp3) is 0.875. The summed E-state index contributed by atoms with van der Waals surface area (Å²) in [4.78, 5) is 24.8. The van der Waals surface area contributed by atoms with E-state index < -0.39 is 5.97 Å². The summed E-state index contributed by atoms with van der Waals surface area (Å²) in [6.45, 7) is 1.66. The average molecular weight is 281 g/mol. The van der Waals surface area contributed by atoms with E-state index in [2.05, 4.69) is 0 Å². The fourth-order valence-electron chi connectivity index (χ4n) is 3.57. The molecule has 1 saturated carbocycles. The van der Waals surface area contributed by atoms with Crippen LogP contribution in [0.1, 0.15) is 64.2 Å². The molecular formula is C16H27NO3. The Kier molecular flexibility index (Phi) is 5.86. The molecule has 2 fully saturated rings. The number of carbonyl (C=O) groups excluding carboxylic acids is 1. The molecule has 0 unspecified atom stereocenters. The molecule has 0 radical (unpaired) electrons. The molecule has 1 saturated heterocycles. The monoisotopic (exact) mass is 281 g/mol. The zero-order valence-electron chi connectivity index (χ0n) is 12.4. The van der Waals surface area contributed by atoms with Gasteiger partial charge in [0, 0.05) is 25.9 Å². The van der Waals surface area contributed by atoms with Gasteiger partial charge in [0.2, 0.25) is 5.91 Å². The van der Waals surface area contributed by atoms with E-state index in [-0.39, 0.29) is 6.42 Å². The predicted molar refractivity (Wildman–Crippen MR) is 77.4 cm³/mol. The molecule has 114 valence electrons. The number of amides is 1. The second-order valence-electron chi connectivity index (χ2n) is 6.46. The zero-order valence-corrected chi connectivity index (χ0v) is 12.4. The van der Waals surface area contributed by atoms with E-state index in [1.807, 2.05) is 4.90 Å². The van der Waals surface area contributed by atoms with Crippen molar-refractivity contribution < 1.29 is 14.7 Å². The SMILES string of the molecule is O=C(O)CCC1CCN(C(=O)CC2CCCCC2)CC1. The maximum absolute atomic E-state index is 12.3. The first-order valence-electron chi connectivity index (χ1n) is 8.14. The number of hydrogen-bond acceptors (Lipinski definition) is 2. The summed E-state index contributed by atoms with van der Waals surface area (Å²) in [5, 5.41) is 8.70. The van der Waals surface area contributed by atoms with Crippen molar-refractivity contribution in [3.05, 3.63) is 0 Å². The van der Waals surface area contributed by atoms with Gasteiger partial charge in [0.1, 0.15) is 0 Å². The second-order valence-corrected chi connectivity index (χ2v) is 6.46. The molecule has 4 nitrogen and oxygen atoms in total. The van der Waals surface area contributed by atoms with Gasteiger partial charge >= 0.3 is 5.97 Å². The third-order valence-corrected chi connectivity index (χ3v) is 4.92. The van der Waals surface area contributed by atoms with Gasteiger partial charge in [-0.15, -0.1) is 0 Å². The van der Waals surface area contributed by atoms with Crippen molar-refractivity contribution in [2.45, 2.75) is 64.2 Å². The lowest BCUT2D eigenvalue weighted by Gasteiger charge is -2.33. The van der Waals surface area contributed by atoms with Gasteiger partial charge in [-0.3, -0.25) is 9.59 Å². The number of carbonyl (C=O) groups is 2. The van der Waals surface area contributed by atoms with Gasteiger partial charge in [0.25, 0.3) is 0 Å². The van der Waals surface area contributed by atoms with E-state index in [1.54, 1.807) is 0 Å². The molecule has 0 atom stereocenters. The fourth-order valence-corrected chi connectivity index (χ4v) is 3.57. The van der Waals surface area contributed by atoms with Crippen LogP contribution >= 0.6 is 0 Å². The Morgan fingerprint density at radius 1 is 0.950 bits per heavy atom. The van der Waals surface area contributed by atoms with Crippen molar-refractivity contribution in [3.8, 4) is 0 Å². The summed E-state index contributed by atoms with van der Waals surface area (Å²) < 4.78 is 0. The largest absolute Gasteiger partial charge is 0.481 e. The lowest BCUT2D eigenvalue weighted by atomic mass is 9.86. The van der Waals surface area contributed by atoms with E-state index in [0.717, 1.165) is 38.8 Å². The summed E-state index contributed by atoms with van der Waals surface area (Å²) in [6.07, 6.45) is 10.1. The third kappa shape index (κ3) is 4.80. The standard InChI is InChI=1S/C16H27NO3/c18-15(12-14-4-2-1-3-5-14)17-10-8-13(9-11-17)6-7-16(19)20/h13-14H,1-12H2,(H,19,20). The van der Waals surface area contributed by atoms with E-state index in [9.17, 15) is 9.59 Å². The number of likely N-dealkylation sites (tertiary alicyclic amines) is 1. The minimum Gasteiger partial charge on any atom is -0.481 e. The first-order chi connectivity index (χ1) is 9.65. The molecule has 4 heteroatoms. The summed E-state index contributed by atoms with van der Waals surface area (Å²) in [5.41, 5.74) is 0. The van der Waals surface area contributed by atoms with Crippen LogP contribution in [-0.2, 0) is 9.59 Å². The van der Waals surface area contributed by atoms with Crippen LogP contribution in [0.3, 0.4) is 0 Å². The number of rotatable bonds is 5. The molecule has 0 aromatic heterocycles. The van der Waals surface area contributed by atoms with Gasteiger partial charge in [-0.25, -0.2) is 0 Å². The Balaban J connectivity index is 1.67. The molecule has 1 N–H and O–H groups in total. The highest BCUT2D eigenvalue weighted by Gasteiger charge is 2.25. The lowest BCUT2D eigenvalue weighted by molar-refractivity contribution is -0.138. The summed E-state index contributed by atoms with van der Waals surface area (Å²) in [6, 6.07) is 0. The van der Waals surface area contributed by atoms with E-state index >= 15 is 0 Å². The first kappa shape index (κ1) is 15.3. The number of piperidine rings is 1. The number of aliphatic carboxylic acids is 1. The number of nitrogens with zero attached hydrogens (tertiary/aromatic N) is 1. The second kappa shape index (κ2) is 7.65. The molecule has 0 spiro atoms. The molecule has 0 aromatic rings. The van der Waals surface area contributed by atoms with Gasteiger partial charge < -0.3 is 10.0 Å². The van der Waals surface area contributed by atoms with Crippen molar-refractivity contribution in [2.75, 3.05) is 13.1 Å². The van der Waals surface area contributed by atoms with Crippen molar-refractivity contribution in [2.24, 2.45) is 11.8 Å². The van der Waals surface area contributed by atoms with Crippen molar-refractivity contribution >= 4 is 11.9 Å². The third-order valence-electron chi connectivity index (χ3n) is 4.92. The normalized spacial score (nSPS) is 21.9. The quantitative estimate of drug-likeness (QED) is 0.842. The van der Waals surface area contributed by atoms with Crippen LogP contribution in [0.2, 0.25) is 0 Å². The number of hydrogen-bond donors (Lipinski definition) is 1. The number of carboxylic acid groups (broad SMARTS) is 1. The summed E-state index contributed by atoms with van der Waals surface area (Å²) in [7, 11) is 0. The number of carboxylic acids is 1. The molecule has 1 aliphatic carbocycles. The maximum atomic E-state index is 12.3. The molecule has 1 heterocycles. The van der Waals surface area contributed by atoms with Crippen molar-refractivity contribution in [1.82, 2.24) is 4.90 Å². The molecule has 0 aromatic carbocycles. The van der Waals surface area contributed by atoms with Crippen molar-refractivity contribution in [1.29, 1.82) is 0 Å². The highest BCUT2D eigenvalue weighted by molar-refractivity contribution is 5.76. The van der Waals surface area contributed by atoms with Crippen LogP contribution in [0.25, 0.3) is 0 Å². The van der Waals surface area contributed by atoms with Crippen LogP contribution in [0, 0.1) is 11.8 Å². The van der Waals surface area contributed by atoms with Crippen LogP contribution in [0.15, 0.2) is 0 Å². The molecule has 0 bridgehead atoms. The molecule has 1 aliphatic heterocycles. The Bertz CT molecular complexity index is 329. The van der Waals surface area contributed by atoms with Crippen molar-refractivity contribution in [3.63, 3.8) is 0 Å². The van der Waals surface area contributed by atoms with Crippen LogP contribution < -0.4 is 0 Å². The van der Waals surface area contributed by atoms with E-state index in [1.165, 1.54) is 32.1 Å². The topological polar surface area (TPSA) is 57.6 Å². The Hall–Kier alpha value is -1.06. The molecule has 20 heavy (non-hydrogen) atoms. The molecule has 2 rings (SSSR count). The average Bonchev–Trinajstić information content (AvgIpc) is 2.46. The van der Waals surface area contributed by atoms with Crippen LogP contribution in [-0.4, -0.2) is 35.0 Å². The minimum atomic E-state index is -0.708. The summed E-state index contributed by atoms with van der Waals surface area (Å²) >= 11 is 0.